The third kappa shape index (κ3) is 5.25. The van der Waals surface area contributed by atoms with Gasteiger partial charge in [-0.3, -0.25) is 14.4 Å². The Morgan fingerprint density at radius 1 is 1.29 bits per heavy atom. The van der Waals surface area contributed by atoms with Crippen molar-refractivity contribution in [3.8, 4) is 0 Å². The monoisotopic (exact) mass is 292 g/mol. The molecule has 0 atom stereocenters. The van der Waals surface area contributed by atoms with Gasteiger partial charge in [0, 0.05) is 25.6 Å². The van der Waals surface area contributed by atoms with Crippen molar-refractivity contribution in [1.29, 1.82) is 0 Å². The van der Waals surface area contributed by atoms with Gasteiger partial charge in [0.1, 0.15) is 6.54 Å². The van der Waals surface area contributed by atoms with Crippen LogP contribution in [0.3, 0.4) is 0 Å². The number of hydrogen-bond donors (Lipinski definition) is 2. The van der Waals surface area contributed by atoms with Crippen molar-refractivity contribution in [3.05, 3.63) is 35.4 Å². The van der Waals surface area contributed by atoms with Crippen molar-refractivity contribution in [1.82, 2.24) is 10.2 Å². The zero-order valence-electron chi connectivity index (χ0n) is 12.3. The maximum atomic E-state index is 11.9. The standard InChI is InChI=1S/C15H20N2O4/c1-3-17(10-14(19)20)13(18)8-7-11-5-4-6-12(9-11)15(21)16-2/h4-6,9H,3,7-8,10H2,1-2H3,(H,16,21)(H,19,20). The van der Waals surface area contributed by atoms with Gasteiger partial charge in [-0.1, -0.05) is 12.1 Å². The minimum atomic E-state index is -1.02. The van der Waals surface area contributed by atoms with E-state index in [1.54, 1.807) is 32.2 Å². The van der Waals surface area contributed by atoms with E-state index in [9.17, 15) is 14.4 Å². The van der Waals surface area contributed by atoms with Gasteiger partial charge in [0.25, 0.3) is 5.91 Å². The topological polar surface area (TPSA) is 86.7 Å². The van der Waals surface area contributed by atoms with E-state index in [2.05, 4.69) is 5.32 Å². The highest BCUT2D eigenvalue weighted by molar-refractivity contribution is 5.94. The Morgan fingerprint density at radius 3 is 2.57 bits per heavy atom. The Hall–Kier alpha value is -2.37. The van der Waals surface area contributed by atoms with Crippen LogP contribution in [0, 0.1) is 0 Å². The molecule has 114 valence electrons. The van der Waals surface area contributed by atoms with E-state index in [4.69, 9.17) is 5.11 Å². The number of nitrogens with one attached hydrogen (secondary N) is 1. The molecule has 0 saturated heterocycles. The van der Waals surface area contributed by atoms with Gasteiger partial charge >= 0.3 is 5.97 Å². The number of carbonyl (C=O) groups is 3. The Bertz CT molecular complexity index is 528. The lowest BCUT2D eigenvalue weighted by atomic mass is 10.1. The zero-order chi connectivity index (χ0) is 15.8. The van der Waals surface area contributed by atoms with Crippen molar-refractivity contribution in [2.45, 2.75) is 19.8 Å². The quantitative estimate of drug-likeness (QED) is 0.782. The molecule has 2 N–H and O–H groups in total. The van der Waals surface area contributed by atoms with E-state index >= 15 is 0 Å². The van der Waals surface area contributed by atoms with Crippen molar-refractivity contribution < 1.29 is 19.5 Å². The highest BCUT2D eigenvalue weighted by atomic mass is 16.4. The smallest absolute Gasteiger partial charge is 0.323 e. The number of amides is 2. The lowest BCUT2D eigenvalue weighted by Crippen LogP contribution is -2.35. The summed E-state index contributed by atoms with van der Waals surface area (Å²) in [7, 11) is 1.56. The SMILES string of the molecule is CCN(CC(=O)O)C(=O)CCc1cccc(C(=O)NC)c1. The molecule has 0 aliphatic heterocycles. The van der Waals surface area contributed by atoms with Crippen LogP contribution in [0.2, 0.25) is 0 Å². The maximum Gasteiger partial charge on any atom is 0.323 e. The van der Waals surface area contributed by atoms with Crippen LogP contribution in [0.1, 0.15) is 29.3 Å². The van der Waals surface area contributed by atoms with Crippen molar-refractivity contribution in [2.75, 3.05) is 20.1 Å². The molecule has 2 amide bonds. The first-order valence-corrected chi connectivity index (χ1v) is 6.78. The van der Waals surface area contributed by atoms with Gasteiger partial charge in [-0.2, -0.15) is 0 Å². The number of rotatable bonds is 7. The minimum absolute atomic E-state index is 0.177. The number of carboxylic acid groups (broad SMARTS) is 1. The lowest BCUT2D eigenvalue weighted by Gasteiger charge is -2.18. The third-order valence-corrected chi connectivity index (χ3v) is 3.10. The van der Waals surface area contributed by atoms with Crippen LogP contribution in [0.5, 0.6) is 0 Å². The summed E-state index contributed by atoms with van der Waals surface area (Å²) in [6.07, 6.45) is 0.693. The summed E-state index contributed by atoms with van der Waals surface area (Å²) >= 11 is 0. The molecule has 6 heteroatoms. The fourth-order valence-corrected chi connectivity index (χ4v) is 1.96. The number of carboxylic acids is 1. The number of hydrogen-bond acceptors (Lipinski definition) is 3. The first-order chi connectivity index (χ1) is 9.97. The second-order valence-corrected chi connectivity index (χ2v) is 4.58. The lowest BCUT2D eigenvalue weighted by molar-refractivity contribution is -0.144. The second kappa shape index (κ2) is 8.04. The second-order valence-electron chi connectivity index (χ2n) is 4.58. The number of benzene rings is 1. The minimum Gasteiger partial charge on any atom is -0.480 e. The van der Waals surface area contributed by atoms with Crippen LogP contribution in [-0.2, 0) is 16.0 Å². The molecule has 0 heterocycles. The van der Waals surface area contributed by atoms with Gasteiger partial charge in [0.05, 0.1) is 0 Å². The fourth-order valence-electron chi connectivity index (χ4n) is 1.96. The van der Waals surface area contributed by atoms with Crippen LogP contribution in [-0.4, -0.2) is 47.9 Å². The summed E-state index contributed by atoms with van der Waals surface area (Å²) in [5, 5.41) is 11.3. The molecule has 1 aromatic rings. The van der Waals surface area contributed by atoms with Crippen LogP contribution in [0.15, 0.2) is 24.3 Å². The molecule has 0 unspecified atom stereocenters. The van der Waals surface area contributed by atoms with E-state index in [-0.39, 0.29) is 24.8 Å². The molecular weight excluding hydrogens is 272 g/mol. The molecule has 1 aromatic carbocycles. The van der Waals surface area contributed by atoms with Crippen LogP contribution < -0.4 is 5.32 Å². The Balaban J connectivity index is 2.64. The first-order valence-electron chi connectivity index (χ1n) is 6.78. The summed E-state index contributed by atoms with van der Waals surface area (Å²) in [6.45, 7) is 1.82. The summed E-state index contributed by atoms with van der Waals surface area (Å²) in [6, 6.07) is 7.04. The summed E-state index contributed by atoms with van der Waals surface area (Å²) in [5.41, 5.74) is 1.41. The predicted molar refractivity (Wildman–Crippen MR) is 78.0 cm³/mol. The fraction of sp³-hybridized carbons (Fsp3) is 0.400. The number of aliphatic carboxylic acids is 1. The van der Waals surface area contributed by atoms with E-state index in [1.807, 2.05) is 6.07 Å². The van der Waals surface area contributed by atoms with Crippen LogP contribution >= 0.6 is 0 Å². The molecule has 0 aliphatic carbocycles. The van der Waals surface area contributed by atoms with Crippen molar-refractivity contribution in [2.24, 2.45) is 0 Å². The normalized spacial score (nSPS) is 10.0. The number of likely N-dealkylation sites (N-methyl/N-ethyl adjacent to an activating group) is 1. The summed E-state index contributed by atoms with van der Waals surface area (Å²) in [5.74, 6) is -1.40. The first kappa shape index (κ1) is 16.7. The molecule has 0 aliphatic rings. The summed E-state index contributed by atoms with van der Waals surface area (Å²) < 4.78 is 0. The molecule has 0 saturated carbocycles. The average Bonchev–Trinajstić information content (AvgIpc) is 2.49. The van der Waals surface area contributed by atoms with E-state index in [1.165, 1.54) is 4.90 Å². The predicted octanol–water partition coefficient (Wildman–Crippen LogP) is 0.912. The van der Waals surface area contributed by atoms with Gasteiger partial charge in [0.15, 0.2) is 0 Å². The molecule has 0 spiro atoms. The Kier molecular flexibility index (Phi) is 6.39. The molecule has 0 radical (unpaired) electrons. The molecule has 0 aromatic heterocycles. The van der Waals surface area contributed by atoms with Gasteiger partial charge in [0.2, 0.25) is 5.91 Å². The Labute approximate surface area is 123 Å². The Morgan fingerprint density at radius 2 is 2.00 bits per heavy atom. The van der Waals surface area contributed by atoms with Crippen LogP contribution in [0.4, 0.5) is 0 Å². The average molecular weight is 292 g/mol. The number of nitrogens with zero attached hydrogens (tertiary/aromatic N) is 1. The molecular formula is C15H20N2O4. The molecule has 6 nitrogen and oxygen atoms in total. The highest BCUT2D eigenvalue weighted by Crippen LogP contribution is 2.09. The van der Waals surface area contributed by atoms with Crippen LogP contribution in [0.25, 0.3) is 0 Å². The molecule has 0 fully saturated rings. The van der Waals surface area contributed by atoms with E-state index < -0.39 is 5.97 Å². The van der Waals surface area contributed by atoms with Crippen molar-refractivity contribution in [3.63, 3.8) is 0 Å². The molecule has 1 rings (SSSR count). The van der Waals surface area contributed by atoms with E-state index in [0.29, 0.717) is 18.5 Å². The number of aryl methyl sites for hydroxylation is 1. The van der Waals surface area contributed by atoms with Gasteiger partial charge in [-0.15, -0.1) is 0 Å². The maximum absolute atomic E-state index is 11.9. The molecule has 21 heavy (non-hydrogen) atoms. The van der Waals surface area contributed by atoms with Crippen molar-refractivity contribution >= 4 is 17.8 Å². The van der Waals surface area contributed by atoms with Gasteiger partial charge in [-0.25, -0.2) is 0 Å². The van der Waals surface area contributed by atoms with Gasteiger partial charge in [-0.05, 0) is 31.0 Å². The summed E-state index contributed by atoms with van der Waals surface area (Å²) in [4.78, 5) is 35.4. The largest absolute Gasteiger partial charge is 0.480 e. The zero-order valence-corrected chi connectivity index (χ0v) is 12.3. The number of carbonyl (C=O) groups excluding carboxylic acids is 2. The third-order valence-electron chi connectivity index (χ3n) is 3.10. The van der Waals surface area contributed by atoms with Gasteiger partial charge < -0.3 is 15.3 Å². The van der Waals surface area contributed by atoms with E-state index in [0.717, 1.165) is 5.56 Å². The molecule has 0 bridgehead atoms. The highest BCUT2D eigenvalue weighted by Gasteiger charge is 2.14.